The van der Waals surface area contributed by atoms with Crippen LogP contribution in [0.2, 0.25) is 0 Å². The molecule has 7 heteroatoms. The van der Waals surface area contributed by atoms with Crippen molar-refractivity contribution in [1.82, 2.24) is 10.2 Å². The molecule has 4 N–H and O–H groups in total. The summed E-state index contributed by atoms with van der Waals surface area (Å²) in [4.78, 5) is 38.4. The Hall–Kier alpha value is -2.41. The van der Waals surface area contributed by atoms with E-state index in [4.69, 9.17) is 5.73 Å². The summed E-state index contributed by atoms with van der Waals surface area (Å²) in [6.45, 7) is 4.20. The van der Waals surface area contributed by atoms with Crippen LogP contribution in [0.3, 0.4) is 0 Å². The second kappa shape index (κ2) is 9.50. The summed E-state index contributed by atoms with van der Waals surface area (Å²) in [6.07, 6.45) is 2.14. The van der Waals surface area contributed by atoms with Crippen LogP contribution in [0.1, 0.15) is 38.7 Å². The van der Waals surface area contributed by atoms with Gasteiger partial charge in [-0.1, -0.05) is 50.6 Å². The maximum atomic E-state index is 13.0. The van der Waals surface area contributed by atoms with Gasteiger partial charge in [-0.05, 0) is 30.7 Å². The van der Waals surface area contributed by atoms with Crippen LogP contribution in [0.25, 0.3) is 0 Å². The van der Waals surface area contributed by atoms with Crippen molar-refractivity contribution < 1.29 is 19.5 Å². The van der Waals surface area contributed by atoms with Gasteiger partial charge in [-0.3, -0.25) is 9.59 Å². The number of rotatable bonds is 8. The molecular weight excluding hydrogens is 346 g/mol. The maximum absolute atomic E-state index is 13.0. The number of nitrogens with two attached hydrogens (primary N) is 1. The molecular formula is C20H29N3O4. The van der Waals surface area contributed by atoms with Gasteiger partial charge in [-0.2, -0.15) is 0 Å². The molecule has 1 aromatic carbocycles. The van der Waals surface area contributed by atoms with Gasteiger partial charge in [-0.25, -0.2) is 4.79 Å². The number of carboxylic acid groups (broad SMARTS) is 1. The van der Waals surface area contributed by atoms with E-state index >= 15 is 0 Å². The fourth-order valence-electron chi connectivity index (χ4n) is 3.37. The van der Waals surface area contributed by atoms with Crippen molar-refractivity contribution in [2.75, 3.05) is 6.54 Å². The minimum absolute atomic E-state index is 0.125. The smallest absolute Gasteiger partial charge is 0.326 e. The van der Waals surface area contributed by atoms with E-state index in [0.29, 0.717) is 32.2 Å². The number of carboxylic acids is 1. The van der Waals surface area contributed by atoms with Crippen LogP contribution in [0.15, 0.2) is 30.3 Å². The predicted molar refractivity (Wildman–Crippen MR) is 102 cm³/mol. The highest BCUT2D eigenvalue weighted by Gasteiger charge is 2.39. The molecule has 0 aliphatic carbocycles. The number of benzene rings is 1. The van der Waals surface area contributed by atoms with Crippen molar-refractivity contribution in [3.05, 3.63) is 35.9 Å². The predicted octanol–water partition coefficient (Wildman–Crippen LogP) is 1.16. The van der Waals surface area contributed by atoms with Gasteiger partial charge >= 0.3 is 5.97 Å². The van der Waals surface area contributed by atoms with Crippen LogP contribution in [0.5, 0.6) is 0 Å². The van der Waals surface area contributed by atoms with E-state index in [1.54, 1.807) is 0 Å². The highest BCUT2D eigenvalue weighted by atomic mass is 16.4. The number of nitrogens with one attached hydrogen (secondary N) is 1. The average Bonchev–Trinajstić information content (AvgIpc) is 3.15. The van der Waals surface area contributed by atoms with Gasteiger partial charge in [0, 0.05) is 6.54 Å². The van der Waals surface area contributed by atoms with E-state index in [2.05, 4.69) is 5.32 Å². The molecule has 2 amide bonds. The molecule has 1 aromatic rings. The lowest BCUT2D eigenvalue weighted by atomic mass is 9.96. The lowest BCUT2D eigenvalue weighted by Gasteiger charge is -2.31. The number of hydrogen-bond acceptors (Lipinski definition) is 4. The van der Waals surface area contributed by atoms with Crippen LogP contribution >= 0.6 is 0 Å². The normalized spacial score (nSPS) is 20.0. The summed E-state index contributed by atoms with van der Waals surface area (Å²) in [5, 5.41) is 12.1. The van der Waals surface area contributed by atoms with E-state index in [9.17, 15) is 19.5 Å². The third-order valence-corrected chi connectivity index (χ3v) is 5.23. The molecule has 0 radical (unpaired) electrons. The minimum atomic E-state index is -1.00. The summed E-state index contributed by atoms with van der Waals surface area (Å²) >= 11 is 0. The lowest BCUT2D eigenvalue weighted by Crippen LogP contribution is -2.57. The fourth-order valence-corrected chi connectivity index (χ4v) is 3.37. The molecule has 1 aliphatic rings. The number of aliphatic carboxylic acids is 1. The molecule has 7 nitrogen and oxygen atoms in total. The van der Waals surface area contributed by atoms with Crippen molar-refractivity contribution in [3.63, 3.8) is 0 Å². The van der Waals surface area contributed by atoms with Crippen molar-refractivity contribution in [3.8, 4) is 0 Å². The van der Waals surface area contributed by atoms with E-state index in [1.807, 2.05) is 44.2 Å². The Morgan fingerprint density at radius 1 is 1.30 bits per heavy atom. The first-order valence-electron chi connectivity index (χ1n) is 9.48. The van der Waals surface area contributed by atoms with Crippen LogP contribution in [0, 0.1) is 5.92 Å². The van der Waals surface area contributed by atoms with Gasteiger partial charge in [0.1, 0.15) is 12.1 Å². The Bertz CT molecular complexity index is 664. The van der Waals surface area contributed by atoms with E-state index in [0.717, 1.165) is 5.56 Å². The first kappa shape index (κ1) is 20.9. The third-order valence-electron chi connectivity index (χ3n) is 5.23. The first-order valence-corrected chi connectivity index (χ1v) is 9.48. The second-order valence-corrected chi connectivity index (χ2v) is 7.20. The Labute approximate surface area is 159 Å². The SMILES string of the molecule is CC[C@H](C)[C@H](NC(=O)[C@@H](N)Cc1ccccc1)C(=O)N1CCC[C@@H]1C(=O)O. The largest absolute Gasteiger partial charge is 0.480 e. The molecule has 0 saturated carbocycles. The number of likely N-dealkylation sites (tertiary alicyclic amines) is 1. The molecule has 27 heavy (non-hydrogen) atoms. The van der Waals surface area contributed by atoms with Gasteiger partial charge in [0.2, 0.25) is 11.8 Å². The molecule has 1 aliphatic heterocycles. The molecule has 1 saturated heterocycles. The van der Waals surface area contributed by atoms with Gasteiger partial charge in [0.05, 0.1) is 6.04 Å². The summed E-state index contributed by atoms with van der Waals surface area (Å²) < 4.78 is 0. The zero-order valence-corrected chi connectivity index (χ0v) is 15.9. The van der Waals surface area contributed by atoms with Crippen LogP contribution in [-0.4, -0.2) is 52.5 Å². The van der Waals surface area contributed by atoms with Crippen molar-refractivity contribution in [2.24, 2.45) is 11.7 Å². The number of nitrogens with zero attached hydrogens (tertiary/aromatic N) is 1. The van der Waals surface area contributed by atoms with Gasteiger partial charge in [-0.15, -0.1) is 0 Å². The standard InChI is InChI=1S/C20H29N3O4/c1-3-13(2)17(19(25)23-11-7-10-16(23)20(26)27)22-18(24)15(21)12-14-8-5-4-6-9-14/h4-6,8-9,13,15-17H,3,7,10-12,21H2,1-2H3,(H,22,24)(H,26,27)/t13-,15-,16+,17-/m0/s1. The molecule has 148 valence electrons. The lowest BCUT2D eigenvalue weighted by molar-refractivity contribution is -0.150. The minimum Gasteiger partial charge on any atom is -0.480 e. The first-order chi connectivity index (χ1) is 12.8. The summed E-state index contributed by atoms with van der Waals surface area (Å²) in [6, 6.07) is 7.07. The van der Waals surface area contributed by atoms with Crippen molar-refractivity contribution >= 4 is 17.8 Å². The topological polar surface area (TPSA) is 113 Å². The van der Waals surface area contributed by atoms with Crippen LogP contribution in [-0.2, 0) is 20.8 Å². The van der Waals surface area contributed by atoms with Crippen molar-refractivity contribution in [1.29, 1.82) is 0 Å². The molecule has 0 bridgehead atoms. The molecule has 0 spiro atoms. The van der Waals surface area contributed by atoms with E-state index in [1.165, 1.54) is 4.90 Å². The van der Waals surface area contributed by atoms with Gasteiger partial charge in [0.25, 0.3) is 0 Å². The number of carbonyl (C=O) groups is 3. The zero-order chi connectivity index (χ0) is 20.0. The molecule has 1 fully saturated rings. The van der Waals surface area contributed by atoms with Crippen molar-refractivity contribution in [2.45, 2.75) is 57.7 Å². The highest BCUT2D eigenvalue weighted by molar-refractivity contribution is 5.92. The highest BCUT2D eigenvalue weighted by Crippen LogP contribution is 2.21. The summed E-state index contributed by atoms with van der Waals surface area (Å²) in [5.74, 6) is -1.87. The third kappa shape index (κ3) is 5.29. The zero-order valence-electron chi connectivity index (χ0n) is 15.9. The van der Waals surface area contributed by atoms with Gasteiger partial charge in [0.15, 0.2) is 0 Å². The Morgan fingerprint density at radius 2 is 1.96 bits per heavy atom. The molecule has 0 unspecified atom stereocenters. The number of carbonyl (C=O) groups excluding carboxylic acids is 2. The average molecular weight is 375 g/mol. The van der Waals surface area contributed by atoms with Crippen LogP contribution < -0.4 is 11.1 Å². The summed E-state index contributed by atoms with van der Waals surface area (Å²) in [7, 11) is 0. The van der Waals surface area contributed by atoms with E-state index < -0.39 is 30.0 Å². The maximum Gasteiger partial charge on any atom is 0.326 e. The Kier molecular flexibility index (Phi) is 7.36. The number of hydrogen-bond donors (Lipinski definition) is 3. The summed E-state index contributed by atoms with van der Waals surface area (Å²) in [5.41, 5.74) is 6.98. The second-order valence-electron chi connectivity index (χ2n) is 7.20. The number of amides is 2. The van der Waals surface area contributed by atoms with Gasteiger partial charge < -0.3 is 21.1 Å². The monoisotopic (exact) mass is 375 g/mol. The molecule has 1 heterocycles. The Balaban J connectivity index is 2.08. The Morgan fingerprint density at radius 3 is 2.56 bits per heavy atom. The molecule has 0 aromatic heterocycles. The van der Waals surface area contributed by atoms with E-state index in [-0.39, 0.29) is 11.8 Å². The molecule has 4 atom stereocenters. The quantitative estimate of drug-likeness (QED) is 0.631. The van der Waals surface area contributed by atoms with Crippen LogP contribution in [0.4, 0.5) is 0 Å². The molecule has 2 rings (SSSR count). The fraction of sp³-hybridized carbons (Fsp3) is 0.550.